The van der Waals surface area contributed by atoms with Gasteiger partial charge in [0, 0.05) is 31.4 Å². The van der Waals surface area contributed by atoms with E-state index in [4.69, 9.17) is 13.9 Å². The first-order chi connectivity index (χ1) is 20.2. The van der Waals surface area contributed by atoms with Crippen molar-refractivity contribution in [1.29, 1.82) is 0 Å². The molecule has 10 heteroatoms. The number of carbonyl (C=O) groups is 1. The predicted octanol–water partition coefficient (Wildman–Crippen LogP) is 5.14. The number of aryl methyl sites for hydroxylation is 1. The molecule has 0 spiro atoms. The zero-order valence-corrected chi connectivity index (χ0v) is 25.5. The van der Waals surface area contributed by atoms with Gasteiger partial charge in [-0.2, -0.15) is 0 Å². The van der Waals surface area contributed by atoms with Gasteiger partial charge in [0.25, 0.3) is 0 Å². The number of rotatable bonds is 9. The summed E-state index contributed by atoms with van der Waals surface area (Å²) in [6.07, 6.45) is 2.78. The van der Waals surface area contributed by atoms with Gasteiger partial charge < -0.3 is 28.9 Å². The number of oxazole rings is 1. The van der Waals surface area contributed by atoms with E-state index < -0.39 is 26.4 Å². The second kappa shape index (κ2) is 12.9. The molecule has 42 heavy (non-hydrogen) atoms. The van der Waals surface area contributed by atoms with Gasteiger partial charge in [0.2, 0.25) is 8.96 Å². The molecule has 2 N–H and O–H groups in total. The van der Waals surface area contributed by atoms with E-state index in [-0.39, 0.29) is 6.61 Å². The van der Waals surface area contributed by atoms with E-state index in [0.717, 1.165) is 33.6 Å². The van der Waals surface area contributed by atoms with Crippen molar-refractivity contribution in [2.75, 3.05) is 6.54 Å². The lowest BCUT2D eigenvalue weighted by atomic mass is 10.1. The highest BCUT2D eigenvalue weighted by Gasteiger charge is 2.39. The Morgan fingerprint density at radius 2 is 1.98 bits per heavy atom. The van der Waals surface area contributed by atoms with Gasteiger partial charge >= 0.3 is 6.09 Å². The van der Waals surface area contributed by atoms with Gasteiger partial charge in [0.1, 0.15) is 18.0 Å². The number of carbonyl (C=O) groups excluding carboxylic acids is 1. The van der Waals surface area contributed by atoms with Crippen LogP contribution in [0.4, 0.5) is 4.79 Å². The maximum atomic E-state index is 13.4. The maximum absolute atomic E-state index is 13.4. The molecule has 0 saturated heterocycles. The maximum Gasteiger partial charge on any atom is 0.402 e. The van der Waals surface area contributed by atoms with Crippen LogP contribution >= 0.6 is 0 Å². The molecule has 0 saturated carbocycles. The van der Waals surface area contributed by atoms with E-state index in [9.17, 15) is 9.90 Å². The van der Waals surface area contributed by atoms with Crippen LogP contribution in [0.2, 0.25) is 0 Å². The number of ether oxygens (including phenoxy) is 2. The van der Waals surface area contributed by atoms with Crippen LogP contribution in [0.15, 0.2) is 77.7 Å². The highest BCUT2D eigenvalue weighted by molar-refractivity contribution is 6.59. The summed E-state index contributed by atoms with van der Waals surface area (Å²) in [6.45, 7) is 8.98. The van der Waals surface area contributed by atoms with E-state index in [0.29, 0.717) is 37.2 Å². The molecule has 0 aliphatic carbocycles. The molecular formula is C32H37N4O5Si. The lowest BCUT2D eigenvalue weighted by molar-refractivity contribution is 0.0350. The van der Waals surface area contributed by atoms with E-state index in [1.807, 2.05) is 82.3 Å². The van der Waals surface area contributed by atoms with Crippen molar-refractivity contribution in [3.63, 3.8) is 0 Å². The molecule has 1 amide bonds. The largest absolute Gasteiger partial charge is 0.486 e. The summed E-state index contributed by atoms with van der Waals surface area (Å²) in [6, 6.07) is 20.6. The number of pyridine rings is 1. The van der Waals surface area contributed by atoms with Crippen LogP contribution in [0.25, 0.3) is 11.3 Å². The van der Waals surface area contributed by atoms with Crippen LogP contribution in [-0.2, 0) is 30.5 Å². The first-order valence-electron chi connectivity index (χ1n) is 14.1. The third-order valence-electron chi connectivity index (χ3n) is 6.99. The quantitative estimate of drug-likeness (QED) is 0.260. The number of benzene rings is 2. The van der Waals surface area contributed by atoms with E-state index in [2.05, 4.69) is 21.4 Å². The summed E-state index contributed by atoms with van der Waals surface area (Å²) >= 11 is 0. The number of hydrogen-bond acceptors (Lipinski definition) is 8. The molecule has 2 aromatic heterocycles. The summed E-state index contributed by atoms with van der Waals surface area (Å²) < 4.78 is 18.8. The minimum absolute atomic E-state index is 0.268. The van der Waals surface area contributed by atoms with Gasteiger partial charge in [0.05, 0.1) is 17.1 Å². The monoisotopic (exact) mass is 585 g/mol. The number of aliphatic hydroxyl groups is 1. The topological polar surface area (TPSA) is 110 Å². The second-order valence-electron chi connectivity index (χ2n) is 11.4. The number of aromatic nitrogens is 2. The fourth-order valence-electron chi connectivity index (χ4n) is 4.83. The van der Waals surface area contributed by atoms with Gasteiger partial charge in [-0.25, -0.2) is 9.78 Å². The summed E-state index contributed by atoms with van der Waals surface area (Å²) in [7, 11) is -1.74. The Balaban J connectivity index is 1.27. The molecule has 2 aromatic carbocycles. The molecule has 0 bridgehead atoms. The van der Waals surface area contributed by atoms with Crippen molar-refractivity contribution in [2.24, 2.45) is 0 Å². The first-order valence-corrected chi connectivity index (χ1v) is 15.8. The molecule has 3 heterocycles. The lowest BCUT2D eigenvalue weighted by Crippen LogP contribution is -2.58. The Morgan fingerprint density at radius 3 is 2.71 bits per heavy atom. The van der Waals surface area contributed by atoms with Crippen molar-refractivity contribution in [3.8, 4) is 17.0 Å². The Bertz CT molecular complexity index is 1500. The van der Waals surface area contributed by atoms with Crippen LogP contribution in [0.1, 0.15) is 48.9 Å². The Morgan fingerprint density at radius 1 is 1.12 bits per heavy atom. The molecule has 0 unspecified atom stereocenters. The number of fused-ring (bicyclic) bond motifs is 1. The van der Waals surface area contributed by atoms with E-state index in [1.54, 1.807) is 10.8 Å². The average Bonchev–Trinajstić information content (AvgIpc) is 3.39. The molecule has 219 valence electrons. The number of hydrogen-bond donors (Lipinski definition) is 2. The van der Waals surface area contributed by atoms with Gasteiger partial charge in [-0.05, 0) is 80.8 Å². The Kier molecular flexibility index (Phi) is 9.05. The Labute approximate surface area is 248 Å². The fraction of sp³-hybridized carbons (Fsp3) is 0.344. The van der Waals surface area contributed by atoms with E-state index in [1.165, 1.54) is 6.39 Å². The molecular weight excluding hydrogens is 548 g/mol. The highest BCUT2D eigenvalue weighted by atomic mass is 28.3. The number of nitrogens with one attached hydrogen (secondary N) is 1. The summed E-state index contributed by atoms with van der Waals surface area (Å²) in [5.74, 6) is 1.35. The minimum Gasteiger partial charge on any atom is -0.486 e. The zero-order chi connectivity index (χ0) is 29.7. The third kappa shape index (κ3) is 7.44. The Hall–Kier alpha value is -3.99. The van der Waals surface area contributed by atoms with Gasteiger partial charge in [-0.1, -0.05) is 30.3 Å². The van der Waals surface area contributed by atoms with Crippen molar-refractivity contribution in [1.82, 2.24) is 19.9 Å². The first kappa shape index (κ1) is 29.5. The SMILES string of the molecule is Cc1ncoc1COc1ccc2c(c1)CN(C(=O)OC(C)(C)C)[Si]([C@H](O)CNCc1cccc(-c3ccccn3)c1)C2. The van der Waals surface area contributed by atoms with Crippen molar-refractivity contribution in [3.05, 3.63) is 101 Å². The standard InChI is InChI=1S/C32H37N4O5Si/c1-22-29(40-21-35-22)19-39-27-12-11-25-20-42(36(18-26(25)15-27)31(38)41-32(2,3)4)30(37)17-33-16-23-8-7-9-24(14-23)28-10-5-6-13-34-28/h5-15,21,30,33,37H,16-20H2,1-4H3/t30-/m0/s1. The number of nitrogens with zero attached hydrogens (tertiary/aromatic N) is 3. The molecule has 4 aromatic rings. The van der Waals surface area contributed by atoms with Gasteiger partial charge in [-0.3, -0.25) is 4.98 Å². The minimum atomic E-state index is -1.74. The average molecular weight is 586 g/mol. The molecule has 5 rings (SSSR count). The molecule has 1 aliphatic rings. The molecule has 0 fully saturated rings. The lowest BCUT2D eigenvalue weighted by Gasteiger charge is -2.38. The van der Waals surface area contributed by atoms with Gasteiger partial charge in [0.15, 0.2) is 12.2 Å². The van der Waals surface area contributed by atoms with Crippen molar-refractivity contribution < 1.29 is 23.8 Å². The van der Waals surface area contributed by atoms with Gasteiger partial charge in [-0.15, -0.1) is 0 Å². The summed E-state index contributed by atoms with van der Waals surface area (Å²) in [5, 5.41) is 14.8. The third-order valence-corrected chi connectivity index (χ3v) is 9.74. The number of aliphatic hydroxyl groups excluding tert-OH is 1. The number of amides is 1. The second-order valence-corrected chi connectivity index (χ2v) is 13.9. The highest BCUT2D eigenvalue weighted by Crippen LogP contribution is 2.29. The zero-order valence-electron chi connectivity index (χ0n) is 24.5. The van der Waals surface area contributed by atoms with Crippen molar-refractivity contribution in [2.45, 2.75) is 64.8 Å². The molecule has 1 radical (unpaired) electrons. The van der Waals surface area contributed by atoms with Crippen molar-refractivity contribution >= 4 is 15.1 Å². The van der Waals surface area contributed by atoms with Crippen LogP contribution in [-0.4, -0.2) is 52.6 Å². The molecule has 1 aliphatic heterocycles. The van der Waals surface area contributed by atoms with Crippen LogP contribution < -0.4 is 10.1 Å². The van der Waals surface area contributed by atoms with E-state index >= 15 is 0 Å². The van der Waals surface area contributed by atoms with Crippen LogP contribution in [0, 0.1) is 6.92 Å². The molecule has 1 atom stereocenters. The normalized spacial score (nSPS) is 14.4. The predicted molar refractivity (Wildman–Crippen MR) is 161 cm³/mol. The fourth-order valence-corrected chi connectivity index (χ4v) is 7.38. The molecule has 9 nitrogen and oxygen atoms in total. The smallest absolute Gasteiger partial charge is 0.402 e. The summed E-state index contributed by atoms with van der Waals surface area (Å²) in [4.78, 5) is 21.9. The van der Waals surface area contributed by atoms with Crippen LogP contribution in [0.5, 0.6) is 5.75 Å². The van der Waals surface area contributed by atoms with Crippen LogP contribution in [0.3, 0.4) is 0 Å². The summed E-state index contributed by atoms with van der Waals surface area (Å²) in [5.41, 5.74) is 4.57.